The molecule has 1 fully saturated rings. The molecule has 0 spiro atoms. The van der Waals surface area contributed by atoms with Crippen LogP contribution in [0.5, 0.6) is 0 Å². The first-order valence-electron chi connectivity index (χ1n) is 6.05. The highest BCUT2D eigenvalue weighted by Gasteiger charge is 2.22. The summed E-state index contributed by atoms with van der Waals surface area (Å²) >= 11 is 0. The second kappa shape index (κ2) is 6.66. The van der Waals surface area contributed by atoms with Crippen molar-refractivity contribution in [3.05, 3.63) is 11.8 Å². The number of rotatable bonds is 5. The van der Waals surface area contributed by atoms with Crippen molar-refractivity contribution in [3.63, 3.8) is 0 Å². The molecule has 1 aliphatic rings. The third-order valence-electron chi connectivity index (χ3n) is 3.41. The first kappa shape index (κ1) is 13.2. The van der Waals surface area contributed by atoms with Crippen LogP contribution in [0.1, 0.15) is 19.8 Å². The van der Waals surface area contributed by atoms with E-state index in [0.717, 1.165) is 31.8 Å². The number of piperidine rings is 1. The van der Waals surface area contributed by atoms with Gasteiger partial charge in [0.05, 0.1) is 0 Å². The molecule has 0 saturated carbocycles. The molecular weight excluding hydrogens is 200 g/mol. The van der Waals surface area contributed by atoms with E-state index in [4.69, 9.17) is 11.1 Å². The van der Waals surface area contributed by atoms with E-state index >= 15 is 0 Å². The summed E-state index contributed by atoms with van der Waals surface area (Å²) in [5.74, 6) is 0. The molecule has 0 aliphatic carbocycles. The van der Waals surface area contributed by atoms with E-state index < -0.39 is 0 Å². The quantitative estimate of drug-likeness (QED) is 0.682. The Bertz CT molecular complexity index is 249. The number of nitrogens with two attached hydrogens (primary N) is 1. The summed E-state index contributed by atoms with van der Waals surface area (Å²) in [7, 11) is 2.18. The normalized spacial score (nSPS) is 23.7. The maximum Gasteiger partial charge on any atom is 0.0263 e. The lowest BCUT2D eigenvalue weighted by Gasteiger charge is -2.37. The van der Waals surface area contributed by atoms with Crippen LogP contribution in [0, 0.1) is 5.41 Å². The molecule has 4 heteroatoms. The minimum absolute atomic E-state index is 0.656. The van der Waals surface area contributed by atoms with Crippen molar-refractivity contribution in [2.75, 3.05) is 33.2 Å². The predicted molar refractivity (Wildman–Crippen MR) is 68.8 cm³/mol. The zero-order valence-corrected chi connectivity index (χ0v) is 10.4. The Labute approximate surface area is 98.6 Å². The van der Waals surface area contributed by atoms with Crippen LogP contribution >= 0.6 is 0 Å². The molecule has 1 saturated heterocycles. The lowest BCUT2D eigenvalue weighted by atomic mass is 10.0. The van der Waals surface area contributed by atoms with Gasteiger partial charge in [0.1, 0.15) is 0 Å². The van der Waals surface area contributed by atoms with E-state index in [1.165, 1.54) is 19.1 Å². The Morgan fingerprint density at radius 1 is 1.62 bits per heavy atom. The molecule has 1 atom stereocenters. The van der Waals surface area contributed by atoms with Crippen molar-refractivity contribution in [2.24, 2.45) is 5.73 Å². The molecule has 0 aromatic carbocycles. The molecule has 0 aromatic heterocycles. The lowest BCUT2D eigenvalue weighted by molar-refractivity contribution is 0.128. The average molecular weight is 224 g/mol. The van der Waals surface area contributed by atoms with Gasteiger partial charge in [-0.25, -0.2) is 0 Å². The highest BCUT2D eigenvalue weighted by atomic mass is 15.2. The van der Waals surface area contributed by atoms with E-state index in [9.17, 15) is 0 Å². The molecule has 0 amide bonds. The molecule has 0 aromatic rings. The van der Waals surface area contributed by atoms with Gasteiger partial charge in [-0.1, -0.05) is 6.92 Å². The highest BCUT2D eigenvalue weighted by Crippen LogP contribution is 2.15. The molecule has 1 rings (SSSR count). The van der Waals surface area contributed by atoms with Crippen molar-refractivity contribution in [1.29, 1.82) is 5.41 Å². The number of nitrogens with one attached hydrogen (secondary N) is 1. The largest absolute Gasteiger partial charge is 0.404 e. The van der Waals surface area contributed by atoms with Crippen LogP contribution in [0.3, 0.4) is 0 Å². The predicted octanol–water partition coefficient (Wildman–Crippen LogP) is 0.895. The summed E-state index contributed by atoms with van der Waals surface area (Å²) in [4.78, 5) is 4.80. The van der Waals surface area contributed by atoms with Crippen molar-refractivity contribution in [3.8, 4) is 0 Å². The van der Waals surface area contributed by atoms with Gasteiger partial charge in [0.15, 0.2) is 0 Å². The maximum atomic E-state index is 7.24. The van der Waals surface area contributed by atoms with Gasteiger partial charge >= 0.3 is 0 Å². The number of nitrogens with zero attached hydrogens (tertiary/aromatic N) is 2. The fraction of sp³-hybridized carbons (Fsp3) is 0.750. The Balaban J connectivity index is 2.47. The molecule has 1 aliphatic heterocycles. The van der Waals surface area contributed by atoms with Crippen LogP contribution < -0.4 is 5.73 Å². The van der Waals surface area contributed by atoms with Crippen LogP contribution in [0.4, 0.5) is 0 Å². The topological polar surface area (TPSA) is 56.4 Å². The van der Waals surface area contributed by atoms with Gasteiger partial charge < -0.3 is 16.0 Å². The minimum atomic E-state index is 0.656. The Hall–Kier alpha value is -0.870. The maximum absolute atomic E-state index is 7.24. The fourth-order valence-corrected chi connectivity index (χ4v) is 2.20. The van der Waals surface area contributed by atoms with E-state index in [-0.39, 0.29) is 0 Å². The van der Waals surface area contributed by atoms with Crippen LogP contribution in [-0.2, 0) is 0 Å². The summed E-state index contributed by atoms with van der Waals surface area (Å²) in [5.41, 5.74) is 6.37. The molecule has 0 bridgehead atoms. The zero-order valence-electron chi connectivity index (χ0n) is 10.4. The van der Waals surface area contributed by atoms with Gasteiger partial charge in [-0.3, -0.25) is 4.90 Å². The Kier molecular flexibility index (Phi) is 5.49. The second-order valence-corrected chi connectivity index (χ2v) is 4.49. The van der Waals surface area contributed by atoms with Gasteiger partial charge in [0, 0.05) is 25.3 Å². The minimum Gasteiger partial charge on any atom is -0.404 e. The first-order valence-corrected chi connectivity index (χ1v) is 6.05. The molecule has 4 nitrogen and oxygen atoms in total. The van der Waals surface area contributed by atoms with Crippen LogP contribution in [-0.4, -0.2) is 55.3 Å². The van der Waals surface area contributed by atoms with E-state index in [1.54, 1.807) is 6.20 Å². The number of likely N-dealkylation sites (N-methyl/N-ethyl adjacent to an activating group) is 1. The molecule has 16 heavy (non-hydrogen) atoms. The van der Waals surface area contributed by atoms with Gasteiger partial charge in [0.25, 0.3) is 0 Å². The Morgan fingerprint density at radius 3 is 2.94 bits per heavy atom. The third kappa shape index (κ3) is 3.61. The summed E-state index contributed by atoms with van der Waals surface area (Å²) in [6, 6.07) is 0.656. The summed E-state index contributed by atoms with van der Waals surface area (Å²) in [6.45, 7) is 6.33. The second-order valence-electron chi connectivity index (χ2n) is 4.49. The number of hydrogen-bond donors (Lipinski definition) is 2. The number of likely N-dealkylation sites (tertiary alicyclic amines) is 1. The number of hydrogen-bond acceptors (Lipinski definition) is 4. The van der Waals surface area contributed by atoms with Crippen molar-refractivity contribution >= 4 is 6.21 Å². The van der Waals surface area contributed by atoms with E-state index in [1.807, 2.05) is 0 Å². The molecule has 0 radical (unpaired) electrons. The van der Waals surface area contributed by atoms with Crippen LogP contribution in [0.2, 0.25) is 0 Å². The lowest BCUT2D eigenvalue weighted by Crippen LogP contribution is -2.46. The SMILES string of the molecule is CCN(C)C1CCCN(C/C(C=N)=C/N)C1. The average Bonchev–Trinajstić information content (AvgIpc) is 2.35. The van der Waals surface area contributed by atoms with E-state index in [2.05, 4.69) is 23.8 Å². The summed E-state index contributed by atoms with van der Waals surface area (Å²) in [5, 5.41) is 7.24. The molecule has 3 N–H and O–H groups in total. The highest BCUT2D eigenvalue weighted by molar-refractivity contribution is 5.75. The molecule has 92 valence electrons. The molecular formula is C12H24N4. The van der Waals surface area contributed by atoms with Crippen molar-refractivity contribution in [1.82, 2.24) is 9.80 Å². The first-order chi connectivity index (χ1) is 7.71. The van der Waals surface area contributed by atoms with Crippen molar-refractivity contribution in [2.45, 2.75) is 25.8 Å². The van der Waals surface area contributed by atoms with Crippen LogP contribution in [0.15, 0.2) is 11.8 Å². The van der Waals surface area contributed by atoms with Gasteiger partial charge in [-0.15, -0.1) is 0 Å². The van der Waals surface area contributed by atoms with Gasteiger partial charge in [-0.05, 0) is 44.8 Å². The zero-order chi connectivity index (χ0) is 12.0. The smallest absolute Gasteiger partial charge is 0.0263 e. The monoisotopic (exact) mass is 224 g/mol. The summed E-state index contributed by atoms with van der Waals surface area (Å²) in [6.07, 6.45) is 5.42. The van der Waals surface area contributed by atoms with Gasteiger partial charge in [0.2, 0.25) is 0 Å². The fourth-order valence-electron chi connectivity index (χ4n) is 2.20. The molecule has 1 heterocycles. The van der Waals surface area contributed by atoms with Crippen molar-refractivity contribution < 1.29 is 0 Å². The van der Waals surface area contributed by atoms with E-state index in [0.29, 0.717) is 6.04 Å². The third-order valence-corrected chi connectivity index (χ3v) is 3.41. The molecule has 1 unspecified atom stereocenters. The standard InChI is InChI=1S/C12H24N4/c1-3-15(2)12-5-4-6-16(10-12)9-11(7-13)8-14/h7-8,12-13H,3-6,9-10,14H2,1-2H3/b11-8+,13-7?. The summed E-state index contributed by atoms with van der Waals surface area (Å²) < 4.78 is 0. The Morgan fingerprint density at radius 2 is 2.38 bits per heavy atom. The van der Waals surface area contributed by atoms with Crippen LogP contribution in [0.25, 0.3) is 0 Å². The van der Waals surface area contributed by atoms with Gasteiger partial charge in [-0.2, -0.15) is 0 Å².